The maximum Gasteiger partial charge on any atom is 0.0856 e. The molecule has 1 N–H and O–H groups in total. The lowest BCUT2D eigenvalue weighted by molar-refractivity contribution is -0.0197. The van der Waals surface area contributed by atoms with Crippen molar-refractivity contribution in [1.82, 2.24) is 0 Å². The summed E-state index contributed by atoms with van der Waals surface area (Å²) in [6.07, 6.45) is 11.3. The Morgan fingerprint density at radius 2 is 1.80 bits per heavy atom. The second-order valence-electron chi connectivity index (χ2n) is 5.90. The molecule has 0 aromatic heterocycles. The molecular formula is C14H24O. The molecule has 3 atom stereocenters. The zero-order chi connectivity index (χ0) is 10.9. The van der Waals surface area contributed by atoms with Crippen LogP contribution in [0.25, 0.3) is 0 Å². The Kier molecular flexibility index (Phi) is 3.20. The van der Waals surface area contributed by atoms with Gasteiger partial charge in [0.1, 0.15) is 0 Å². The molecule has 0 aromatic rings. The molecule has 15 heavy (non-hydrogen) atoms. The van der Waals surface area contributed by atoms with Crippen molar-refractivity contribution >= 4 is 0 Å². The first-order chi connectivity index (χ1) is 7.10. The lowest BCUT2D eigenvalue weighted by Gasteiger charge is -2.42. The molecule has 2 aliphatic carbocycles. The van der Waals surface area contributed by atoms with Gasteiger partial charge in [0, 0.05) is 0 Å². The molecule has 0 aliphatic heterocycles. The molecule has 1 fully saturated rings. The van der Waals surface area contributed by atoms with Gasteiger partial charge in [-0.2, -0.15) is 0 Å². The molecule has 3 unspecified atom stereocenters. The summed E-state index contributed by atoms with van der Waals surface area (Å²) in [7, 11) is 0. The van der Waals surface area contributed by atoms with E-state index in [9.17, 15) is 5.11 Å². The molecule has 1 nitrogen and oxygen atoms in total. The second-order valence-corrected chi connectivity index (χ2v) is 5.90. The van der Waals surface area contributed by atoms with Gasteiger partial charge >= 0.3 is 0 Å². The van der Waals surface area contributed by atoms with E-state index >= 15 is 0 Å². The summed E-state index contributed by atoms with van der Waals surface area (Å²) in [4.78, 5) is 0. The normalized spacial score (nSPS) is 46.7. The quantitative estimate of drug-likeness (QED) is 0.654. The standard InChI is InChI=1S/C14H24O/c1-11-8-12(2)10-13(9-11)14(15)6-4-3-5-7-14/h4,6,11-13,15H,3,5,7-10H2,1-2H3. The van der Waals surface area contributed by atoms with Crippen molar-refractivity contribution in [3.8, 4) is 0 Å². The van der Waals surface area contributed by atoms with E-state index in [4.69, 9.17) is 0 Å². The van der Waals surface area contributed by atoms with Gasteiger partial charge in [0.05, 0.1) is 5.60 Å². The van der Waals surface area contributed by atoms with Gasteiger partial charge in [0.25, 0.3) is 0 Å². The van der Waals surface area contributed by atoms with Crippen LogP contribution in [0.15, 0.2) is 12.2 Å². The Morgan fingerprint density at radius 1 is 1.13 bits per heavy atom. The van der Waals surface area contributed by atoms with Crippen molar-refractivity contribution in [3.05, 3.63) is 12.2 Å². The van der Waals surface area contributed by atoms with Crippen LogP contribution in [-0.2, 0) is 0 Å². The summed E-state index contributed by atoms with van der Waals surface area (Å²) >= 11 is 0. The summed E-state index contributed by atoms with van der Waals surface area (Å²) in [6, 6.07) is 0. The van der Waals surface area contributed by atoms with Crippen molar-refractivity contribution in [2.45, 2.75) is 58.0 Å². The van der Waals surface area contributed by atoms with Gasteiger partial charge in [0.2, 0.25) is 0 Å². The highest BCUT2D eigenvalue weighted by Gasteiger charge is 2.38. The molecule has 86 valence electrons. The summed E-state index contributed by atoms with van der Waals surface area (Å²) in [5.74, 6) is 2.09. The number of hydrogen-bond donors (Lipinski definition) is 1. The van der Waals surface area contributed by atoms with Gasteiger partial charge in [-0.15, -0.1) is 0 Å². The van der Waals surface area contributed by atoms with Crippen molar-refractivity contribution in [2.24, 2.45) is 17.8 Å². The van der Waals surface area contributed by atoms with Gasteiger partial charge in [-0.3, -0.25) is 0 Å². The molecule has 2 rings (SSSR count). The summed E-state index contributed by atoms with van der Waals surface area (Å²) in [5.41, 5.74) is -0.471. The minimum atomic E-state index is -0.471. The zero-order valence-corrected chi connectivity index (χ0v) is 10.1. The Hall–Kier alpha value is -0.300. The van der Waals surface area contributed by atoms with Crippen molar-refractivity contribution in [2.75, 3.05) is 0 Å². The molecule has 0 spiro atoms. The van der Waals surface area contributed by atoms with Crippen LogP contribution >= 0.6 is 0 Å². The summed E-state index contributed by atoms with van der Waals surface area (Å²) < 4.78 is 0. The van der Waals surface area contributed by atoms with E-state index in [1.54, 1.807) is 0 Å². The molecule has 0 radical (unpaired) electrons. The van der Waals surface area contributed by atoms with Gasteiger partial charge in [-0.1, -0.05) is 26.0 Å². The number of rotatable bonds is 1. The predicted molar refractivity (Wildman–Crippen MR) is 63.6 cm³/mol. The first-order valence-electron chi connectivity index (χ1n) is 6.50. The largest absolute Gasteiger partial charge is 0.386 e. The van der Waals surface area contributed by atoms with Crippen LogP contribution in [0.3, 0.4) is 0 Å². The topological polar surface area (TPSA) is 20.2 Å². The van der Waals surface area contributed by atoms with Crippen LogP contribution in [0.1, 0.15) is 52.4 Å². The minimum absolute atomic E-state index is 0.471. The second kappa shape index (κ2) is 4.29. The maximum absolute atomic E-state index is 10.6. The monoisotopic (exact) mass is 208 g/mol. The van der Waals surface area contributed by atoms with Gasteiger partial charge in [-0.25, -0.2) is 0 Å². The molecule has 1 saturated carbocycles. The molecule has 0 amide bonds. The van der Waals surface area contributed by atoms with E-state index in [-0.39, 0.29) is 0 Å². The van der Waals surface area contributed by atoms with E-state index in [1.165, 1.54) is 19.3 Å². The zero-order valence-electron chi connectivity index (χ0n) is 10.1. The van der Waals surface area contributed by atoms with Crippen molar-refractivity contribution < 1.29 is 5.11 Å². The number of aliphatic hydroxyl groups is 1. The fourth-order valence-corrected chi connectivity index (χ4v) is 3.57. The van der Waals surface area contributed by atoms with Crippen LogP contribution in [0.2, 0.25) is 0 Å². The first-order valence-corrected chi connectivity index (χ1v) is 6.50. The molecule has 1 heteroatoms. The van der Waals surface area contributed by atoms with E-state index < -0.39 is 5.60 Å². The average Bonchev–Trinajstić information content (AvgIpc) is 2.17. The fourth-order valence-electron chi connectivity index (χ4n) is 3.57. The first kappa shape index (κ1) is 11.2. The van der Waals surface area contributed by atoms with Gasteiger partial charge in [0.15, 0.2) is 0 Å². The van der Waals surface area contributed by atoms with Gasteiger partial charge < -0.3 is 5.11 Å². The molecule has 2 aliphatic rings. The molecule has 0 heterocycles. The third kappa shape index (κ3) is 2.44. The average molecular weight is 208 g/mol. The molecule has 0 bridgehead atoms. The highest BCUT2D eigenvalue weighted by Crippen LogP contribution is 2.42. The number of allylic oxidation sites excluding steroid dienone is 1. The summed E-state index contributed by atoms with van der Waals surface area (Å²) in [6.45, 7) is 4.66. The molecule has 0 saturated heterocycles. The van der Waals surface area contributed by atoms with E-state index in [1.807, 2.05) is 0 Å². The highest BCUT2D eigenvalue weighted by molar-refractivity contribution is 5.08. The van der Waals surface area contributed by atoms with Crippen LogP contribution < -0.4 is 0 Å². The molecular weight excluding hydrogens is 184 g/mol. The Bertz CT molecular complexity index is 236. The van der Waals surface area contributed by atoms with Crippen LogP contribution in [0, 0.1) is 17.8 Å². The SMILES string of the molecule is CC1CC(C)CC(C2(O)C=CCCC2)C1. The van der Waals surface area contributed by atoms with Crippen molar-refractivity contribution in [3.63, 3.8) is 0 Å². The third-order valence-corrected chi connectivity index (χ3v) is 4.24. The van der Waals surface area contributed by atoms with E-state index in [2.05, 4.69) is 26.0 Å². The minimum Gasteiger partial charge on any atom is -0.386 e. The smallest absolute Gasteiger partial charge is 0.0856 e. The van der Waals surface area contributed by atoms with Crippen LogP contribution in [-0.4, -0.2) is 10.7 Å². The summed E-state index contributed by atoms with van der Waals surface area (Å²) in [5, 5.41) is 10.6. The lowest BCUT2D eigenvalue weighted by Crippen LogP contribution is -2.41. The van der Waals surface area contributed by atoms with Crippen molar-refractivity contribution in [1.29, 1.82) is 0 Å². The lowest BCUT2D eigenvalue weighted by atomic mass is 9.67. The predicted octanol–water partition coefficient (Wildman–Crippen LogP) is 3.53. The number of hydrogen-bond acceptors (Lipinski definition) is 1. The maximum atomic E-state index is 10.6. The Morgan fingerprint density at radius 3 is 2.33 bits per heavy atom. The molecule has 0 aromatic carbocycles. The fraction of sp³-hybridized carbons (Fsp3) is 0.857. The Labute approximate surface area is 93.6 Å². The highest BCUT2D eigenvalue weighted by atomic mass is 16.3. The van der Waals surface area contributed by atoms with E-state index in [0.717, 1.165) is 31.1 Å². The van der Waals surface area contributed by atoms with Crippen LogP contribution in [0.4, 0.5) is 0 Å². The third-order valence-electron chi connectivity index (χ3n) is 4.24. The van der Waals surface area contributed by atoms with Gasteiger partial charge in [-0.05, 0) is 56.3 Å². The Balaban J connectivity index is 2.08. The van der Waals surface area contributed by atoms with Crippen LogP contribution in [0.5, 0.6) is 0 Å². The van der Waals surface area contributed by atoms with E-state index in [0.29, 0.717) is 5.92 Å².